The van der Waals surface area contributed by atoms with Gasteiger partial charge in [0.05, 0.1) is 49.3 Å². The molecule has 12 N–H and O–H groups in total. The third-order valence-corrected chi connectivity index (χ3v) is 13.8. The molecule has 43 heavy (non-hydrogen) atoms. The second-order valence-corrected chi connectivity index (χ2v) is 15.6. The Hall–Kier alpha value is 0.236. The normalized spacial score (nSPS) is 53.6. The summed E-state index contributed by atoms with van der Waals surface area (Å²) in [6, 6.07) is 0. The van der Waals surface area contributed by atoms with Gasteiger partial charge in [0.2, 0.25) is 0 Å². The average molecular weight is 661 g/mol. The van der Waals surface area contributed by atoms with Crippen molar-refractivity contribution in [1.29, 1.82) is 0 Å². The second kappa shape index (κ2) is 13.8. The zero-order chi connectivity index (χ0) is 26.2. The SMILES string of the molecule is C1CCC2C3NC(NC4NC(NC5NC(NC6NC(N3)C3CCCCC63)C3CCCCC53)C3CCCCC43)C2C1.O.O.[GaH2]. The molecule has 0 aromatic heterocycles. The van der Waals surface area contributed by atoms with Gasteiger partial charge >= 0.3 is 19.8 Å². The molecule has 10 nitrogen and oxygen atoms in total. The van der Waals surface area contributed by atoms with Crippen LogP contribution in [0.3, 0.4) is 0 Å². The van der Waals surface area contributed by atoms with Gasteiger partial charge in [-0.1, -0.05) is 51.4 Å². The predicted octanol–water partition coefficient (Wildman–Crippen LogP) is 0.0400. The first kappa shape index (κ1) is 33.1. The molecular formula is C32H62GaN8O2. The van der Waals surface area contributed by atoms with Gasteiger partial charge in [0, 0.05) is 0 Å². The monoisotopic (exact) mass is 659 g/mol. The van der Waals surface area contributed by atoms with Crippen molar-refractivity contribution in [3.8, 4) is 0 Å². The van der Waals surface area contributed by atoms with E-state index in [0.29, 0.717) is 49.3 Å². The first-order chi connectivity index (χ1) is 19.8. The van der Waals surface area contributed by atoms with Gasteiger partial charge < -0.3 is 11.0 Å². The van der Waals surface area contributed by atoms with Crippen molar-refractivity contribution in [1.82, 2.24) is 42.5 Å². The molecule has 245 valence electrons. The van der Waals surface area contributed by atoms with E-state index in [-0.39, 0.29) is 30.7 Å². The number of fused-ring (bicyclic) bond motifs is 20. The van der Waals surface area contributed by atoms with Crippen LogP contribution >= 0.6 is 0 Å². The molecule has 5 heterocycles. The maximum absolute atomic E-state index is 4.26. The van der Waals surface area contributed by atoms with E-state index in [4.69, 9.17) is 0 Å². The molecule has 0 aromatic rings. The Kier molecular flexibility index (Phi) is 10.6. The summed E-state index contributed by atoms with van der Waals surface area (Å²) in [7, 11) is 0. The average Bonchev–Trinajstić information content (AvgIpc) is 3.73. The van der Waals surface area contributed by atoms with Crippen LogP contribution in [-0.2, 0) is 0 Å². The quantitative estimate of drug-likeness (QED) is 0.169. The van der Waals surface area contributed by atoms with Gasteiger partial charge in [0.15, 0.2) is 0 Å². The summed E-state index contributed by atoms with van der Waals surface area (Å²) >= 11 is 0. The van der Waals surface area contributed by atoms with Gasteiger partial charge in [-0.15, -0.1) is 0 Å². The molecule has 9 fully saturated rings. The van der Waals surface area contributed by atoms with Crippen LogP contribution in [0.2, 0.25) is 0 Å². The molecule has 8 unspecified atom stereocenters. The van der Waals surface area contributed by atoms with E-state index in [9.17, 15) is 0 Å². The Morgan fingerprint density at radius 1 is 0.233 bits per heavy atom. The van der Waals surface area contributed by atoms with Gasteiger partial charge in [0.25, 0.3) is 0 Å². The number of nitrogens with one attached hydrogen (secondary N) is 8. The summed E-state index contributed by atoms with van der Waals surface area (Å²) in [6.07, 6.45) is 25.6. The zero-order valence-corrected chi connectivity index (χ0v) is 30.7. The number of hydrogen-bond acceptors (Lipinski definition) is 8. The Bertz CT molecular complexity index is 728. The molecule has 8 atom stereocenters. The van der Waals surface area contributed by atoms with Gasteiger partial charge in [-0.25, -0.2) is 0 Å². The third-order valence-electron chi connectivity index (χ3n) is 13.8. The van der Waals surface area contributed by atoms with E-state index in [0.717, 1.165) is 47.3 Å². The molecule has 8 bridgehead atoms. The molecule has 5 saturated heterocycles. The van der Waals surface area contributed by atoms with E-state index in [1.165, 1.54) is 103 Å². The van der Waals surface area contributed by atoms with Crippen molar-refractivity contribution in [3.63, 3.8) is 0 Å². The first-order valence-corrected chi connectivity index (χ1v) is 17.9. The number of rotatable bonds is 0. The van der Waals surface area contributed by atoms with Crippen LogP contribution in [-0.4, -0.2) is 80.1 Å². The topological polar surface area (TPSA) is 159 Å². The van der Waals surface area contributed by atoms with Gasteiger partial charge in [-0.3, -0.25) is 42.5 Å². The summed E-state index contributed by atoms with van der Waals surface area (Å²) in [6.45, 7) is 0. The Labute approximate surface area is 272 Å². The maximum atomic E-state index is 4.26. The predicted molar refractivity (Wildman–Crippen MR) is 173 cm³/mol. The summed E-state index contributed by atoms with van der Waals surface area (Å²) in [4.78, 5) is 0. The van der Waals surface area contributed by atoms with Crippen molar-refractivity contribution in [2.75, 3.05) is 0 Å². The molecular weight excluding hydrogens is 598 g/mol. The molecule has 0 amide bonds. The fourth-order valence-electron chi connectivity index (χ4n) is 12.0. The van der Waals surface area contributed by atoms with Crippen LogP contribution < -0.4 is 42.5 Å². The summed E-state index contributed by atoms with van der Waals surface area (Å²) in [5, 5.41) is 33.8. The fraction of sp³-hybridized carbons (Fsp3) is 1.00. The van der Waals surface area contributed by atoms with E-state index in [2.05, 4.69) is 42.5 Å². The van der Waals surface area contributed by atoms with E-state index < -0.39 is 0 Å². The van der Waals surface area contributed by atoms with Gasteiger partial charge in [-0.05, 0) is 98.7 Å². The van der Waals surface area contributed by atoms with Gasteiger partial charge in [0.1, 0.15) is 0 Å². The van der Waals surface area contributed by atoms with E-state index >= 15 is 0 Å². The number of hydrogen-bond donors (Lipinski definition) is 8. The summed E-state index contributed by atoms with van der Waals surface area (Å²) in [5.74, 6) is 5.97. The molecule has 0 aromatic carbocycles. The molecule has 0 spiro atoms. The Balaban J connectivity index is 0.00000110. The van der Waals surface area contributed by atoms with Crippen LogP contribution in [0.4, 0.5) is 0 Å². The standard InChI is InChI=1S/C32H56N8.Ga.2H2O.2H/c1-2-10-18-17(9-1)25-33-26(18)38-28-21-13-5-6-14-22(21)30(35-28)40-32-24-16-8-7-15-23(24)31(36-32)39-29-20-12-4-3-11-19(20)27(34-29)37-25;;;;;/h17-40H,1-16H2;;2*1H2;;. The van der Waals surface area contributed by atoms with Crippen LogP contribution in [0, 0.1) is 47.3 Å². The van der Waals surface area contributed by atoms with Crippen LogP contribution in [0.5, 0.6) is 0 Å². The molecule has 11 heteroatoms. The fourth-order valence-corrected chi connectivity index (χ4v) is 12.0. The van der Waals surface area contributed by atoms with Crippen molar-refractivity contribution in [2.45, 2.75) is 152 Å². The zero-order valence-electron chi connectivity index (χ0n) is 26.6. The summed E-state index contributed by atoms with van der Waals surface area (Å²) < 4.78 is 0. The Morgan fingerprint density at radius 2 is 0.349 bits per heavy atom. The Morgan fingerprint density at radius 3 is 0.465 bits per heavy atom. The van der Waals surface area contributed by atoms with E-state index in [1.54, 1.807) is 0 Å². The van der Waals surface area contributed by atoms with Gasteiger partial charge in [-0.2, -0.15) is 0 Å². The van der Waals surface area contributed by atoms with Crippen LogP contribution in [0.1, 0.15) is 103 Å². The second-order valence-electron chi connectivity index (χ2n) is 15.6. The first-order valence-electron chi connectivity index (χ1n) is 17.9. The molecule has 5 aliphatic heterocycles. The third kappa shape index (κ3) is 5.84. The van der Waals surface area contributed by atoms with Crippen molar-refractivity contribution < 1.29 is 11.0 Å². The van der Waals surface area contributed by atoms with E-state index in [1.807, 2.05) is 0 Å². The van der Waals surface area contributed by atoms with Crippen molar-refractivity contribution in [2.24, 2.45) is 47.3 Å². The summed E-state index contributed by atoms with van der Waals surface area (Å²) in [5.41, 5.74) is 0. The van der Waals surface area contributed by atoms with Crippen LogP contribution in [0.25, 0.3) is 0 Å². The van der Waals surface area contributed by atoms with Crippen molar-refractivity contribution >= 4 is 19.8 Å². The molecule has 4 aliphatic carbocycles. The van der Waals surface area contributed by atoms with Crippen LogP contribution in [0.15, 0.2) is 0 Å². The molecule has 9 rings (SSSR count). The minimum absolute atomic E-state index is 0. The molecule has 4 saturated carbocycles. The minimum atomic E-state index is 0. The molecule has 1 radical (unpaired) electrons. The van der Waals surface area contributed by atoms with Crippen molar-refractivity contribution in [3.05, 3.63) is 0 Å². The molecule has 9 aliphatic rings.